The summed E-state index contributed by atoms with van der Waals surface area (Å²) in [6, 6.07) is 5.22. The number of carbonyl (C=O) groups is 1. The normalized spacial score (nSPS) is 23.8. The van der Waals surface area contributed by atoms with Crippen molar-refractivity contribution < 1.29 is 19.0 Å². The van der Waals surface area contributed by atoms with Gasteiger partial charge in [0.05, 0.1) is 11.6 Å². The number of halogens is 1. The van der Waals surface area contributed by atoms with E-state index in [0.29, 0.717) is 35.6 Å². The van der Waals surface area contributed by atoms with Crippen LogP contribution in [0.15, 0.2) is 18.2 Å². The number of anilines is 1. The van der Waals surface area contributed by atoms with Crippen molar-refractivity contribution in [3.8, 4) is 5.75 Å². The molecule has 0 saturated heterocycles. The maximum absolute atomic E-state index is 12.7. The van der Waals surface area contributed by atoms with Gasteiger partial charge >= 0.3 is 0 Å². The van der Waals surface area contributed by atoms with Crippen molar-refractivity contribution in [2.45, 2.75) is 38.2 Å². The number of hydrogen-bond acceptors (Lipinski definition) is 4. The third-order valence-electron chi connectivity index (χ3n) is 4.50. The topological polar surface area (TPSA) is 56.8 Å². The van der Waals surface area contributed by atoms with Crippen LogP contribution < -0.4 is 10.1 Å². The molecule has 0 aromatic heterocycles. The fraction of sp³-hybridized carbons (Fsp3) is 0.611. The number of benzene rings is 1. The predicted octanol–water partition coefficient (Wildman–Crippen LogP) is 3.90. The molecule has 1 aromatic carbocycles. The van der Waals surface area contributed by atoms with Crippen molar-refractivity contribution in [1.82, 2.24) is 0 Å². The van der Waals surface area contributed by atoms with E-state index >= 15 is 0 Å². The highest BCUT2D eigenvalue weighted by atomic mass is 35.5. The van der Waals surface area contributed by atoms with Gasteiger partial charge < -0.3 is 19.5 Å². The molecule has 1 aliphatic rings. The Morgan fingerprint density at radius 2 is 2.17 bits per heavy atom. The Kier molecular flexibility index (Phi) is 6.90. The van der Waals surface area contributed by atoms with Crippen LogP contribution in [0.3, 0.4) is 0 Å². The largest absolute Gasteiger partial charge is 0.490 e. The lowest BCUT2D eigenvalue weighted by atomic mass is 9.78. The zero-order chi connectivity index (χ0) is 17.6. The number of rotatable bonds is 7. The van der Waals surface area contributed by atoms with Gasteiger partial charge in [-0.1, -0.05) is 24.9 Å². The van der Waals surface area contributed by atoms with E-state index in [1.54, 1.807) is 32.4 Å². The average Bonchev–Trinajstić information content (AvgIpc) is 2.56. The minimum absolute atomic E-state index is 0.110. The summed E-state index contributed by atoms with van der Waals surface area (Å²) in [7, 11) is 3.22. The summed E-state index contributed by atoms with van der Waals surface area (Å²) in [5.41, 5.74) is -0.114. The van der Waals surface area contributed by atoms with E-state index in [4.69, 9.17) is 25.8 Å². The van der Waals surface area contributed by atoms with Crippen LogP contribution in [0.25, 0.3) is 0 Å². The van der Waals surface area contributed by atoms with Gasteiger partial charge in [-0.2, -0.15) is 0 Å². The summed E-state index contributed by atoms with van der Waals surface area (Å²) < 4.78 is 16.1. The first-order valence-electron chi connectivity index (χ1n) is 8.28. The highest BCUT2D eigenvalue weighted by molar-refractivity contribution is 6.32. The minimum Gasteiger partial charge on any atom is -0.490 e. The number of amides is 1. The summed E-state index contributed by atoms with van der Waals surface area (Å²) in [6.07, 6.45) is 3.61. The number of ether oxygens (including phenoxy) is 3. The molecular formula is C18H26ClNO4. The third-order valence-corrected chi connectivity index (χ3v) is 4.79. The zero-order valence-electron chi connectivity index (χ0n) is 14.6. The Bertz CT molecular complexity index is 566. The van der Waals surface area contributed by atoms with E-state index in [2.05, 4.69) is 12.2 Å². The van der Waals surface area contributed by atoms with Gasteiger partial charge in [-0.15, -0.1) is 0 Å². The van der Waals surface area contributed by atoms with Crippen molar-refractivity contribution in [2.75, 3.05) is 32.8 Å². The maximum Gasteiger partial charge on any atom is 0.256 e. The van der Waals surface area contributed by atoms with E-state index in [0.717, 1.165) is 25.7 Å². The zero-order valence-corrected chi connectivity index (χ0v) is 15.3. The molecular weight excluding hydrogens is 330 g/mol. The highest BCUT2D eigenvalue weighted by Gasteiger charge is 2.42. The molecule has 1 N–H and O–H groups in total. The molecule has 1 fully saturated rings. The first kappa shape index (κ1) is 19.0. The van der Waals surface area contributed by atoms with Crippen LogP contribution in [0.4, 0.5) is 5.69 Å². The Morgan fingerprint density at radius 3 is 2.79 bits per heavy atom. The first-order chi connectivity index (χ1) is 11.5. The number of carbonyl (C=O) groups excluding carboxylic acids is 1. The standard InChI is InChI=1S/C18H26ClNO4/c1-13-5-4-8-18(12-13,23-3)17(21)20-14-6-7-16(15(19)11-14)24-10-9-22-2/h6-7,11,13H,4-5,8-10,12H2,1-3H3,(H,20,21). The van der Waals surface area contributed by atoms with Crippen LogP contribution >= 0.6 is 11.6 Å². The van der Waals surface area contributed by atoms with Crippen molar-refractivity contribution in [2.24, 2.45) is 5.92 Å². The molecule has 1 amide bonds. The lowest BCUT2D eigenvalue weighted by Gasteiger charge is -2.37. The van der Waals surface area contributed by atoms with E-state index in [1.165, 1.54) is 0 Å². The van der Waals surface area contributed by atoms with Crippen LogP contribution in [0, 0.1) is 5.92 Å². The van der Waals surface area contributed by atoms with Crippen LogP contribution in [-0.4, -0.2) is 38.9 Å². The molecule has 0 bridgehead atoms. The van der Waals surface area contributed by atoms with Crippen LogP contribution in [0.5, 0.6) is 5.75 Å². The van der Waals surface area contributed by atoms with E-state index in [-0.39, 0.29) is 5.91 Å². The van der Waals surface area contributed by atoms with E-state index in [9.17, 15) is 4.79 Å². The van der Waals surface area contributed by atoms with Crippen LogP contribution in [-0.2, 0) is 14.3 Å². The molecule has 6 heteroatoms. The average molecular weight is 356 g/mol. The fourth-order valence-corrected chi connectivity index (χ4v) is 3.40. The molecule has 2 atom stereocenters. The van der Waals surface area contributed by atoms with Gasteiger partial charge in [0, 0.05) is 19.9 Å². The van der Waals surface area contributed by atoms with Gasteiger partial charge in [-0.3, -0.25) is 4.79 Å². The molecule has 1 aliphatic carbocycles. The Hall–Kier alpha value is -1.30. The predicted molar refractivity (Wildman–Crippen MR) is 94.8 cm³/mol. The molecule has 0 radical (unpaired) electrons. The Labute approximate surface area is 148 Å². The van der Waals surface area contributed by atoms with Gasteiger partial charge in [0.15, 0.2) is 0 Å². The SMILES string of the molecule is COCCOc1ccc(NC(=O)C2(OC)CCCC(C)C2)cc1Cl. The van der Waals surface area contributed by atoms with E-state index < -0.39 is 5.60 Å². The maximum atomic E-state index is 12.7. The van der Waals surface area contributed by atoms with Gasteiger partial charge in [-0.05, 0) is 43.4 Å². The second kappa shape index (κ2) is 8.70. The molecule has 0 heterocycles. The van der Waals surface area contributed by atoms with Crippen molar-refractivity contribution >= 4 is 23.2 Å². The summed E-state index contributed by atoms with van der Waals surface area (Å²) in [4.78, 5) is 12.7. The van der Waals surface area contributed by atoms with E-state index in [1.807, 2.05) is 0 Å². The molecule has 0 spiro atoms. The van der Waals surface area contributed by atoms with Gasteiger partial charge in [0.1, 0.15) is 18.0 Å². The van der Waals surface area contributed by atoms with Crippen molar-refractivity contribution in [1.29, 1.82) is 0 Å². The second-order valence-electron chi connectivity index (χ2n) is 6.34. The summed E-state index contributed by atoms with van der Waals surface area (Å²) in [6.45, 7) is 3.07. The Morgan fingerprint density at radius 1 is 1.38 bits per heavy atom. The molecule has 2 rings (SSSR count). The molecule has 1 aromatic rings. The van der Waals surface area contributed by atoms with Gasteiger partial charge in [0.25, 0.3) is 5.91 Å². The van der Waals surface area contributed by atoms with Crippen molar-refractivity contribution in [3.05, 3.63) is 23.2 Å². The minimum atomic E-state index is -0.752. The number of hydrogen-bond donors (Lipinski definition) is 1. The fourth-order valence-electron chi connectivity index (χ4n) is 3.16. The molecule has 5 nitrogen and oxygen atoms in total. The second-order valence-corrected chi connectivity index (χ2v) is 6.75. The third kappa shape index (κ3) is 4.62. The smallest absolute Gasteiger partial charge is 0.256 e. The monoisotopic (exact) mass is 355 g/mol. The summed E-state index contributed by atoms with van der Waals surface area (Å²) >= 11 is 6.22. The van der Waals surface area contributed by atoms with Crippen molar-refractivity contribution in [3.63, 3.8) is 0 Å². The van der Waals surface area contributed by atoms with Gasteiger partial charge in [-0.25, -0.2) is 0 Å². The lowest BCUT2D eigenvalue weighted by molar-refractivity contribution is -0.143. The molecule has 2 unspecified atom stereocenters. The lowest BCUT2D eigenvalue weighted by Crippen LogP contribution is -2.47. The first-order valence-corrected chi connectivity index (χ1v) is 8.66. The summed E-state index contributed by atoms with van der Waals surface area (Å²) in [5, 5.41) is 3.38. The highest BCUT2D eigenvalue weighted by Crippen LogP contribution is 2.36. The Balaban J connectivity index is 2.04. The molecule has 1 saturated carbocycles. The quantitative estimate of drug-likeness (QED) is 0.754. The van der Waals surface area contributed by atoms with Gasteiger partial charge in [0.2, 0.25) is 0 Å². The molecule has 134 valence electrons. The number of methoxy groups -OCH3 is 2. The molecule has 24 heavy (non-hydrogen) atoms. The number of nitrogens with one attached hydrogen (secondary N) is 1. The van der Waals surface area contributed by atoms with Crippen LogP contribution in [0.1, 0.15) is 32.6 Å². The van der Waals surface area contributed by atoms with Crippen LogP contribution in [0.2, 0.25) is 5.02 Å². The summed E-state index contributed by atoms with van der Waals surface area (Å²) in [5.74, 6) is 0.935. The molecule has 0 aliphatic heterocycles.